The van der Waals surface area contributed by atoms with Crippen molar-refractivity contribution in [2.24, 2.45) is 30.7 Å². The fourth-order valence-electron chi connectivity index (χ4n) is 8.27. The van der Waals surface area contributed by atoms with Crippen molar-refractivity contribution in [3.63, 3.8) is 0 Å². The second-order valence-electron chi connectivity index (χ2n) is 15.6. The van der Waals surface area contributed by atoms with Crippen LogP contribution in [0.5, 0.6) is 0 Å². The first-order chi connectivity index (χ1) is 34.4. The molecular weight excluding hydrogens is 993 g/mol. The molecule has 36 nitrogen and oxygen atoms in total. The fraction of sp³-hybridized carbons (Fsp3) is 0.829. The molecule has 4 aliphatic rings. The third kappa shape index (κ3) is 14.9. The summed E-state index contributed by atoms with van der Waals surface area (Å²) in [5.41, 5.74) is 57.2. The minimum atomic E-state index is -1.95. The molecule has 0 aromatic rings. The molecule has 1 saturated carbocycles. The van der Waals surface area contributed by atoms with E-state index in [1.54, 1.807) is 0 Å². The second-order valence-corrected chi connectivity index (χ2v) is 15.9. The summed E-state index contributed by atoms with van der Waals surface area (Å²) in [4.78, 5) is 91.9. The first kappa shape index (κ1) is 57.4. The molecule has 4 rings (SSSR count). The summed E-state index contributed by atoms with van der Waals surface area (Å²) < 4.78 is 70.7. The number of nitrogens with zero attached hydrogens (tertiary/aromatic N) is 18. The molecule has 0 amide bonds. The van der Waals surface area contributed by atoms with E-state index in [0.29, 0.717) is 0 Å². The van der Waals surface area contributed by atoms with Gasteiger partial charge in [-0.25, -0.2) is 0 Å². The van der Waals surface area contributed by atoms with Crippen LogP contribution in [0.2, 0.25) is 0 Å². The van der Waals surface area contributed by atoms with E-state index in [2.05, 4.69) is 72.8 Å². The number of azide groups is 6. The minimum Gasteiger partial charge on any atom is -0.459 e. The van der Waals surface area contributed by atoms with Gasteiger partial charge in [0, 0.05) is 76.8 Å². The lowest BCUT2D eigenvalue weighted by molar-refractivity contribution is -0.309. The predicted octanol–water partition coefficient (Wildman–Crippen LogP) is 3.58. The van der Waals surface area contributed by atoms with E-state index < -0.39 is 172 Å². The Morgan fingerprint density at radius 3 is 1.17 bits per heavy atom. The van der Waals surface area contributed by atoms with Gasteiger partial charge in [0.1, 0.15) is 42.6 Å². The van der Waals surface area contributed by atoms with Crippen LogP contribution in [-0.2, 0) is 85.6 Å². The zero-order valence-electron chi connectivity index (χ0n) is 38.6. The van der Waals surface area contributed by atoms with Gasteiger partial charge < -0.3 is 56.8 Å². The maximum atomic E-state index is 12.9. The van der Waals surface area contributed by atoms with Gasteiger partial charge in [0.05, 0.1) is 37.4 Å². The highest BCUT2D eigenvalue weighted by atomic mass is 32.1. The number of esters is 6. The Labute approximate surface area is 409 Å². The van der Waals surface area contributed by atoms with Gasteiger partial charge in [-0.15, -0.1) is 0 Å². The highest BCUT2D eigenvalue weighted by molar-refractivity contribution is 7.80. The van der Waals surface area contributed by atoms with Crippen LogP contribution in [0.25, 0.3) is 62.7 Å². The largest absolute Gasteiger partial charge is 0.459 e. The van der Waals surface area contributed by atoms with Crippen molar-refractivity contribution in [1.82, 2.24) is 0 Å². The normalized spacial score (nSPS) is 34.6. The molecule has 37 heteroatoms. The van der Waals surface area contributed by atoms with Crippen LogP contribution in [0, 0.1) is 0 Å². The monoisotopic (exact) mass is 1040 g/mol. The number of carbonyl (C=O) groups is 6. The average Bonchev–Trinajstić information content (AvgIpc) is 3.61. The number of carbonyl (C=O) groups excluding carboxylic acids is 6. The minimum absolute atomic E-state index is 0.301. The number of ether oxygens (including phenoxy) is 12. The lowest BCUT2D eigenvalue weighted by Crippen LogP contribution is -2.65. The van der Waals surface area contributed by atoms with Crippen LogP contribution in [0.15, 0.2) is 30.7 Å². The van der Waals surface area contributed by atoms with Gasteiger partial charge in [-0.1, -0.05) is 30.7 Å². The fourth-order valence-corrected chi connectivity index (χ4v) is 8.57. The van der Waals surface area contributed by atoms with E-state index in [1.807, 2.05) is 0 Å². The van der Waals surface area contributed by atoms with Crippen molar-refractivity contribution >= 4 is 48.4 Å². The molecule has 0 bridgehead atoms. The predicted molar refractivity (Wildman–Crippen MR) is 232 cm³/mol. The highest BCUT2D eigenvalue weighted by Crippen LogP contribution is 2.41. The van der Waals surface area contributed by atoms with Crippen LogP contribution < -0.4 is 0 Å². The molecule has 0 spiro atoms. The third-order valence-corrected chi connectivity index (χ3v) is 11.0. The van der Waals surface area contributed by atoms with E-state index in [1.165, 1.54) is 0 Å². The van der Waals surface area contributed by atoms with E-state index in [9.17, 15) is 56.4 Å². The molecule has 3 heterocycles. The molecule has 3 saturated heterocycles. The molecule has 72 heavy (non-hydrogen) atoms. The quantitative estimate of drug-likeness (QED) is 0.0428. The van der Waals surface area contributed by atoms with Gasteiger partial charge in [-0.2, -0.15) is 12.6 Å². The van der Waals surface area contributed by atoms with E-state index in [0.717, 1.165) is 41.5 Å². The number of thiol groups is 1. The number of hydrogen-bond acceptors (Lipinski definition) is 25. The highest BCUT2D eigenvalue weighted by Gasteiger charge is 2.59. The van der Waals surface area contributed by atoms with Crippen molar-refractivity contribution < 1.29 is 85.6 Å². The summed E-state index contributed by atoms with van der Waals surface area (Å²) in [6.07, 6.45) is -25.8. The molecule has 0 aromatic heterocycles. The molecule has 3 aliphatic heterocycles. The number of hydrogen-bond donors (Lipinski definition) is 1. The van der Waals surface area contributed by atoms with E-state index in [-0.39, 0.29) is 5.75 Å². The van der Waals surface area contributed by atoms with Crippen molar-refractivity contribution in [2.75, 3.05) is 18.8 Å². The van der Waals surface area contributed by atoms with Crippen molar-refractivity contribution in [2.45, 2.75) is 164 Å². The second kappa shape index (κ2) is 27.4. The summed E-state index contributed by atoms with van der Waals surface area (Å²) in [6, 6.07) is -6.47. The summed E-state index contributed by atoms with van der Waals surface area (Å²) in [7, 11) is 0. The van der Waals surface area contributed by atoms with Crippen LogP contribution in [0.1, 0.15) is 48.0 Å². The smallest absolute Gasteiger partial charge is 0.303 e. The van der Waals surface area contributed by atoms with E-state index >= 15 is 0 Å². The Hall–Kier alpha value is -7.21. The topological polar surface area (TPSA) is 506 Å². The average molecular weight is 1040 g/mol. The maximum absolute atomic E-state index is 12.9. The molecule has 0 radical (unpaired) electrons. The Morgan fingerprint density at radius 1 is 0.431 bits per heavy atom. The third-order valence-electron chi connectivity index (χ3n) is 10.7. The van der Waals surface area contributed by atoms with Crippen LogP contribution in [-0.4, -0.2) is 171 Å². The molecule has 390 valence electrons. The maximum Gasteiger partial charge on any atom is 0.303 e. The van der Waals surface area contributed by atoms with Crippen LogP contribution in [0.3, 0.4) is 0 Å². The molecule has 0 N–H and O–H groups in total. The Morgan fingerprint density at radius 2 is 0.778 bits per heavy atom. The zero-order chi connectivity index (χ0) is 53.2. The van der Waals surface area contributed by atoms with Crippen LogP contribution >= 0.6 is 12.6 Å². The van der Waals surface area contributed by atoms with Gasteiger partial charge in [0.15, 0.2) is 49.4 Å². The van der Waals surface area contributed by atoms with Crippen molar-refractivity contribution in [3.05, 3.63) is 62.7 Å². The zero-order valence-corrected chi connectivity index (χ0v) is 39.5. The van der Waals surface area contributed by atoms with E-state index in [4.69, 9.17) is 62.4 Å². The lowest BCUT2D eigenvalue weighted by Gasteiger charge is -2.48. The lowest BCUT2D eigenvalue weighted by atomic mass is 9.83. The molecule has 7 unspecified atom stereocenters. The van der Waals surface area contributed by atoms with Crippen molar-refractivity contribution in [1.29, 1.82) is 0 Å². The van der Waals surface area contributed by atoms with Gasteiger partial charge in [0.25, 0.3) is 0 Å². The Kier molecular flexibility index (Phi) is 21.8. The summed E-state index contributed by atoms with van der Waals surface area (Å²) in [5.74, 6) is -6.07. The Bertz CT molecular complexity index is 2320. The standard InChI is InChI=1S/C35H46N18O18S/c1-11(54)60-24-17(44-50-38)7-18(45-51-39)25(69-33-22(46-52-40)29(63-14(4)57)26(61-12(2)55)19(66-33)8-42-48-36)31(24)71-35-32(65-16(6)59)28(21(10-72)68-35)70-34-23(47-53-41)30(64-15(5)58)27(62-13(3)56)20(67-34)9-43-49-37/h17-35,72H,7-10H2,1-6H3/t17-,18?,19?,20+,21-,22?,23?,24?,25+,26+,27-,28+,29-,30?,31-,32+,33+,34-,35?/m1/s1. The molecular formula is C35H46N18O18S. The van der Waals surface area contributed by atoms with Gasteiger partial charge in [-0.3, -0.25) is 28.8 Å². The van der Waals surface area contributed by atoms with Gasteiger partial charge in [-0.05, 0) is 39.6 Å². The van der Waals surface area contributed by atoms with Crippen LogP contribution in [0.4, 0.5) is 0 Å². The van der Waals surface area contributed by atoms with Crippen molar-refractivity contribution in [3.8, 4) is 0 Å². The number of rotatable bonds is 21. The molecule has 19 atom stereocenters. The molecule has 0 aromatic carbocycles. The molecule has 4 fully saturated rings. The summed E-state index contributed by atoms with van der Waals surface area (Å²) in [5, 5.41) is 21.9. The Balaban J connectivity index is 1.91. The first-order valence-electron chi connectivity index (χ1n) is 21.1. The first-order valence-corrected chi connectivity index (χ1v) is 21.7. The SMILES string of the molecule is CC(=O)OC1[C@@H](OC2O[C@H](CS)[C@H](O[C@H]3O[C@@H](CN=[N+]=[N-])[C@@H](OC(C)=O)C(OC(C)=O)C3N=[N+]=[N-])[C@@H]2OC(C)=O)[C@@H](O[C@@H]2OC(CN=[N+]=[N-])[C@H](OC(C)=O)[C@H](OC(C)=O)C2N=[N+]=[N-])C(N=[N+]=[N-])C[C@H]1N=[N+]=[N-]. The van der Waals surface area contributed by atoms with Gasteiger partial charge in [0.2, 0.25) is 0 Å². The summed E-state index contributed by atoms with van der Waals surface area (Å²) >= 11 is 4.38. The van der Waals surface area contributed by atoms with Gasteiger partial charge >= 0.3 is 35.8 Å². The molecule has 1 aliphatic carbocycles. The summed E-state index contributed by atoms with van der Waals surface area (Å²) in [6.45, 7) is 4.74.